The lowest BCUT2D eigenvalue weighted by molar-refractivity contribution is -0.137. The molecule has 1 amide bonds. The molecule has 6 heteroatoms. The quantitative estimate of drug-likeness (QED) is 0.589. The van der Waals surface area contributed by atoms with Crippen molar-refractivity contribution in [3.05, 3.63) is 28.0 Å². The number of primary amides is 1. The molecule has 0 saturated carbocycles. The van der Waals surface area contributed by atoms with E-state index in [0.29, 0.717) is 4.88 Å². The van der Waals surface area contributed by atoms with Crippen molar-refractivity contribution in [2.24, 2.45) is 5.73 Å². The SMILES string of the molecule is NC(=O)C=Cc1ccc(C(=O)CCC(=O)O)s1. The van der Waals surface area contributed by atoms with E-state index in [9.17, 15) is 14.4 Å². The van der Waals surface area contributed by atoms with Crippen LogP contribution < -0.4 is 5.73 Å². The highest BCUT2D eigenvalue weighted by Crippen LogP contribution is 2.19. The molecule has 1 heterocycles. The number of hydrogen-bond donors (Lipinski definition) is 2. The van der Waals surface area contributed by atoms with Gasteiger partial charge in [-0.25, -0.2) is 0 Å². The molecule has 0 radical (unpaired) electrons. The molecule has 0 unspecified atom stereocenters. The molecular weight excluding hydrogens is 242 g/mol. The molecule has 0 aliphatic rings. The van der Waals surface area contributed by atoms with Crippen LogP contribution in [0.2, 0.25) is 0 Å². The summed E-state index contributed by atoms with van der Waals surface area (Å²) >= 11 is 1.20. The van der Waals surface area contributed by atoms with Crippen molar-refractivity contribution >= 4 is 35.1 Å². The second kappa shape index (κ2) is 5.95. The van der Waals surface area contributed by atoms with Gasteiger partial charge in [0.25, 0.3) is 0 Å². The van der Waals surface area contributed by atoms with Crippen molar-refractivity contribution in [1.29, 1.82) is 0 Å². The number of nitrogens with two attached hydrogens (primary N) is 1. The lowest BCUT2D eigenvalue weighted by Crippen LogP contribution is -2.04. The number of Topliss-reactive ketones (excluding diaryl/α,β-unsaturated/α-hetero) is 1. The molecule has 90 valence electrons. The van der Waals surface area contributed by atoms with E-state index in [1.165, 1.54) is 23.5 Å². The minimum atomic E-state index is -0.997. The van der Waals surface area contributed by atoms with Crippen LogP contribution in [0.4, 0.5) is 0 Å². The zero-order chi connectivity index (χ0) is 12.8. The maximum atomic E-state index is 11.5. The number of carbonyl (C=O) groups excluding carboxylic acids is 2. The van der Waals surface area contributed by atoms with Crippen molar-refractivity contribution in [3.63, 3.8) is 0 Å². The van der Waals surface area contributed by atoms with Crippen LogP contribution in [0.3, 0.4) is 0 Å². The van der Waals surface area contributed by atoms with Gasteiger partial charge in [0.05, 0.1) is 11.3 Å². The number of carboxylic acid groups (broad SMARTS) is 1. The standard InChI is InChI=1S/C11H11NO4S/c12-10(14)5-2-7-1-4-9(17-7)8(13)3-6-11(15)16/h1-2,4-5H,3,6H2,(H2,12,14)(H,15,16). The van der Waals surface area contributed by atoms with Gasteiger partial charge in [-0.1, -0.05) is 0 Å². The minimum Gasteiger partial charge on any atom is -0.481 e. The van der Waals surface area contributed by atoms with Crippen molar-refractivity contribution in [1.82, 2.24) is 0 Å². The van der Waals surface area contributed by atoms with Crippen LogP contribution in [0.1, 0.15) is 27.4 Å². The summed E-state index contributed by atoms with van der Waals surface area (Å²) in [5, 5.41) is 8.45. The minimum absolute atomic E-state index is 0.0190. The summed E-state index contributed by atoms with van der Waals surface area (Å²) in [6.45, 7) is 0. The Morgan fingerprint density at radius 2 is 2.00 bits per heavy atom. The van der Waals surface area contributed by atoms with E-state index in [0.717, 1.165) is 4.88 Å². The van der Waals surface area contributed by atoms with Gasteiger partial charge >= 0.3 is 5.97 Å². The lowest BCUT2D eigenvalue weighted by atomic mass is 10.2. The molecule has 0 bridgehead atoms. The first-order chi connectivity index (χ1) is 7.99. The Balaban J connectivity index is 2.64. The molecule has 0 fully saturated rings. The first-order valence-corrected chi connectivity index (χ1v) is 5.63. The number of carbonyl (C=O) groups is 3. The van der Waals surface area contributed by atoms with Gasteiger partial charge in [0, 0.05) is 17.4 Å². The van der Waals surface area contributed by atoms with Crippen molar-refractivity contribution in [2.45, 2.75) is 12.8 Å². The van der Waals surface area contributed by atoms with Gasteiger partial charge in [0.1, 0.15) is 0 Å². The molecule has 17 heavy (non-hydrogen) atoms. The Morgan fingerprint density at radius 1 is 1.29 bits per heavy atom. The van der Waals surface area contributed by atoms with Gasteiger partial charge in [-0.15, -0.1) is 11.3 Å². The van der Waals surface area contributed by atoms with E-state index in [1.807, 2.05) is 0 Å². The van der Waals surface area contributed by atoms with E-state index >= 15 is 0 Å². The number of thiophene rings is 1. The highest BCUT2D eigenvalue weighted by Gasteiger charge is 2.10. The van der Waals surface area contributed by atoms with Gasteiger partial charge < -0.3 is 10.8 Å². The summed E-state index contributed by atoms with van der Waals surface area (Å²) in [6, 6.07) is 3.29. The summed E-state index contributed by atoms with van der Waals surface area (Å²) in [5.74, 6) is -1.77. The predicted molar refractivity (Wildman–Crippen MR) is 63.7 cm³/mol. The predicted octanol–water partition coefficient (Wildman–Crippen LogP) is 1.29. The van der Waals surface area contributed by atoms with Crippen molar-refractivity contribution in [2.75, 3.05) is 0 Å². The van der Waals surface area contributed by atoms with Crippen LogP contribution in [0, 0.1) is 0 Å². The normalized spacial score (nSPS) is 10.6. The summed E-state index contributed by atoms with van der Waals surface area (Å²) in [5.41, 5.74) is 4.93. The van der Waals surface area contributed by atoms with Crippen molar-refractivity contribution in [3.8, 4) is 0 Å². The molecule has 0 aliphatic heterocycles. The van der Waals surface area contributed by atoms with E-state index in [4.69, 9.17) is 10.8 Å². The summed E-state index contributed by atoms with van der Waals surface area (Å²) < 4.78 is 0. The summed E-state index contributed by atoms with van der Waals surface area (Å²) in [4.78, 5) is 33.5. The van der Waals surface area contributed by atoms with Crippen LogP contribution in [0.25, 0.3) is 6.08 Å². The van der Waals surface area contributed by atoms with Crippen LogP contribution in [0.15, 0.2) is 18.2 Å². The van der Waals surface area contributed by atoms with Gasteiger partial charge in [0.2, 0.25) is 5.91 Å². The second-order valence-electron chi connectivity index (χ2n) is 3.25. The molecule has 5 nitrogen and oxygen atoms in total. The average molecular weight is 253 g/mol. The molecule has 3 N–H and O–H groups in total. The van der Waals surface area contributed by atoms with E-state index in [2.05, 4.69) is 0 Å². The smallest absolute Gasteiger partial charge is 0.303 e. The average Bonchev–Trinajstić information content (AvgIpc) is 2.71. The first-order valence-electron chi connectivity index (χ1n) is 4.81. The van der Waals surface area contributed by atoms with Crippen LogP contribution >= 0.6 is 11.3 Å². The molecule has 1 aromatic heterocycles. The number of hydrogen-bond acceptors (Lipinski definition) is 4. The highest BCUT2D eigenvalue weighted by atomic mass is 32.1. The monoisotopic (exact) mass is 253 g/mol. The zero-order valence-electron chi connectivity index (χ0n) is 8.88. The Bertz CT molecular complexity index is 476. The van der Waals surface area contributed by atoms with E-state index in [-0.39, 0.29) is 18.6 Å². The largest absolute Gasteiger partial charge is 0.481 e. The van der Waals surface area contributed by atoms with Gasteiger partial charge in [-0.05, 0) is 18.2 Å². The molecule has 0 saturated heterocycles. The number of ketones is 1. The molecule has 0 aromatic carbocycles. The van der Waals surface area contributed by atoms with Gasteiger partial charge in [-0.3, -0.25) is 14.4 Å². The fourth-order valence-corrected chi connectivity index (χ4v) is 1.98. The molecule has 0 spiro atoms. The number of amides is 1. The molecule has 0 atom stereocenters. The van der Waals surface area contributed by atoms with Gasteiger partial charge in [0.15, 0.2) is 5.78 Å². The fraction of sp³-hybridized carbons (Fsp3) is 0.182. The molecule has 1 rings (SSSR count). The summed E-state index contributed by atoms with van der Waals surface area (Å²) in [6.07, 6.45) is 2.52. The zero-order valence-corrected chi connectivity index (χ0v) is 9.70. The van der Waals surface area contributed by atoms with Crippen LogP contribution in [-0.4, -0.2) is 22.8 Å². The topological polar surface area (TPSA) is 97.5 Å². The van der Waals surface area contributed by atoms with Crippen LogP contribution in [0.5, 0.6) is 0 Å². The third kappa shape index (κ3) is 4.60. The Morgan fingerprint density at radius 3 is 2.59 bits per heavy atom. The van der Waals surface area contributed by atoms with E-state index < -0.39 is 11.9 Å². The molecule has 1 aromatic rings. The Hall–Kier alpha value is -1.95. The third-order valence-electron chi connectivity index (χ3n) is 1.88. The number of rotatable bonds is 6. The first kappa shape index (κ1) is 13.1. The second-order valence-corrected chi connectivity index (χ2v) is 4.37. The maximum absolute atomic E-state index is 11.5. The number of aliphatic carboxylic acids is 1. The Kier molecular flexibility index (Phi) is 4.59. The number of carboxylic acids is 1. The van der Waals surface area contributed by atoms with Crippen molar-refractivity contribution < 1.29 is 19.5 Å². The highest BCUT2D eigenvalue weighted by molar-refractivity contribution is 7.14. The summed E-state index contributed by atoms with van der Waals surface area (Å²) in [7, 11) is 0. The fourth-order valence-electron chi connectivity index (χ4n) is 1.10. The molecular formula is C11H11NO4S. The Labute approximate surface area is 102 Å². The van der Waals surface area contributed by atoms with E-state index in [1.54, 1.807) is 12.1 Å². The third-order valence-corrected chi connectivity index (χ3v) is 2.97. The lowest BCUT2D eigenvalue weighted by Gasteiger charge is -1.93. The maximum Gasteiger partial charge on any atom is 0.303 e. The van der Waals surface area contributed by atoms with Gasteiger partial charge in [-0.2, -0.15) is 0 Å². The molecule has 0 aliphatic carbocycles. The van der Waals surface area contributed by atoms with Crippen LogP contribution in [-0.2, 0) is 9.59 Å².